The predicted octanol–water partition coefficient (Wildman–Crippen LogP) is 11.0. The van der Waals surface area contributed by atoms with Crippen molar-refractivity contribution < 1.29 is 40.3 Å². The third kappa shape index (κ3) is 4.62. The fraction of sp³-hybridized carbons (Fsp3) is 0.0500. The smallest absolute Gasteiger partial charge is 0.580 e. The Bertz CT molecular complexity index is 2480. The van der Waals surface area contributed by atoms with Crippen LogP contribution in [-0.2, 0) is 12.4 Å². The van der Waals surface area contributed by atoms with Crippen molar-refractivity contribution in [2.45, 2.75) is 12.4 Å². The Balaban J connectivity index is 1.48. The number of benzene rings is 7. The summed E-state index contributed by atoms with van der Waals surface area (Å²) in [4.78, 5) is 0. The van der Waals surface area contributed by atoms with Gasteiger partial charge in [0.05, 0.1) is 28.4 Å². The van der Waals surface area contributed by atoms with E-state index in [2.05, 4.69) is 0 Å². The molecule has 1 unspecified atom stereocenters. The van der Waals surface area contributed by atoms with Crippen LogP contribution in [0.2, 0.25) is 0 Å². The summed E-state index contributed by atoms with van der Waals surface area (Å²) in [6, 6.07) is 36.4. The number of hydrogen-bond acceptors (Lipinski definition) is 3. The van der Waals surface area contributed by atoms with Crippen LogP contribution in [0.25, 0.3) is 54.9 Å². The summed E-state index contributed by atoms with van der Waals surface area (Å²) in [5, 5.41) is 3.18. The topological polar surface area (TPSA) is 27.7 Å². The zero-order chi connectivity index (χ0) is 34.4. The Morgan fingerprint density at radius 3 is 1.74 bits per heavy atom. The molecule has 7 aromatic rings. The first kappa shape index (κ1) is 30.2. The molecular formula is C40H22BF6O3-. The molecule has 0 spiro atoms. The van der Waals surface area contributed by atoms with Crippen molar-refractivity contribution in [2.75, 3.05) is 0 Å². The highest BCUT2D eigenvalue weighted by molar-refractivity contribution is 6.78. The van der Waals surface area contributed by atoms with E-state index in [0.717, 1.165) is 21.5 Å². The molecule has 7 aromatic carbocycles. The second-order valence-electron chi connectivity index (χ2n) is 12.4. The first-order valence-electron chi connectivity index (χ1n) is 15.8. The van der Waals surface area contributed by atoms with E-state index in [9.17, 15) is 26.3 Å². The minimum atomic E-state index is -5.13. The van der Waals surface area contributed by atoms with Gasteiger partial charge < -0.3 is 14.0 Å². The average molecular weight is 675 g/mol. The fourth-order valence-electron chi connectivity index (χ4n) is 7.16. The lowest BCUT2D eigenvalue weighted by molar-refractivity contribution is -0.143. The van der Waals surface area contributed by atoms with Gasteiger partial charge in [-0.2, -0.15) is 26.3 Å². The molecule has 0 aliphatic carbocycles. The largest absolute Gasteiger partial charge is 0.645 e. The summed E-state index contributed by atoms with van der Waals surface area (Å²) >= 11 is 0. The van der Waals surface area contributed by atoms with E-state index >= 15 is 0 Å². The van der Waals surface area contributed by atoms with E-state index in [1.165, 1.54) is 0 Å². The predicted molar refractivity (Wildman–Crippen MR) is 181 cm³/mol. The normalized spacial score (nSPS) is 16.4. The lowest BCUT2D eigenvalue weighted by Gasteiger charge is -2.42. The van der Waals surface area contributed by atoms with Gasteiger partial charge in [-0.05, 0) is 45.3 Å². The SMILES string of the molecule is FC(F)(F)c1cc([B-]23Oc4ccc5ccccc5c4-c4c(c(cc5ccccc45)-c4cccc(-c5ccccc5)c4O2)O3)cc(C(F)(F)F)c1. The van der Waals surface area contributed by atoms with Crippen molar-refractivity contribution in [3.05, 3.63) is 145 Å². The molecule has 0 N–H and O–H groups in total. The minimum absolute atomic E-state index is 0.0846. The lowest BCUT2D eigenvalue weighted by atomic mass is 9.67. The molecule has 0 amide bonds. The number of hydrogen-bond donors (Lipinski definition) is 0. The van der Waals surface area contributed by atoms with Crippen molar-refractivity contribution in [1.29, 1.82) is 0 Å². The molecule has 2 aliphatic rings. The van der Waals surface area contributed by atoms with Gasteiger partial charge in [0, 0.05) is 27.8 Å². The number of alkyl halides is 6. The monoisotopic (exact) mass is 675 g/mol. The second-order valence-corrected chi connectivity index (χ2v) is 12.4. The summed E-state index contributed by atoms with van der Waals surface area (Å²) in [5.41, 5.74) is -0.0981. The standard InChI is InChI=1S/C40H22BF6O3/c42-39(43,44)26-20-27(40(45,46)47)22-28(21-26)41-48-34-18-17-24-11-4-6-13-29(24)35(34)36-30-14-7-5-12-25(30)19-33(38(36)50-41)32-16-8-15-31(37(32)49-41)23-9-2-1-3-10-23/h1-22H/q-1. The van der Waals surface area contributed by atoms with Gasteiger partial charge in [0.25, 0.3) is 0 Å². The van der Waals surface area contributed by atoms with Crippen LogP contribution in [0.3, 0.4) is 0 Å². The molecule has 2 bridgehead atoms. The molecular weight excluding hydrogens is 653 g/mol. The van der Waals surface area contributed by atoms with Gasteiger partial charge in [-0.1, -0.05) is 121 Å². The zero-order valence-corrected chi connectivity index (χ0v) is 25.8. The third-order valence-electron chi connectivity index (χ3n) is 9.38. The Labute approximate surface area is 281 Å². The Morgan fingerprint density at radius 1 is 0.440 bits per heavy atom. The molecule has 0 radical (unpaired) electrons. The summed E-state index contributed by atoms with van der Waals surface area (Å²) in [7, 11) is 0. The van der Waals surface area contributed by atoms with Crippen LogP contribution in [0.5, 0.6) is 17.2 Å². The van der Waals surface area contributed by atoms with E-state index in [4.69, 9.17) is 14.0 Å². The van der Waals surface area contributed by atoms with Crippen LogP contribution in [0.4, 0.5) is 26.3 Å². The molecule has 246 valence electrons. The maximum Gasteiger partial charge on any atom is 0.580 e. The quantitative estimate of drug-likeness (QED) is 0.135. The van der Waals surface area contributed by atoms with E-state index in [1.54, 1.807) is 24.3 Å². The summed E-state index contributed by atoms with van der Waals surface area (Å²) in [6.45, 7) is -3.65. The fourth-order valence-corrected chi connectivity index (χ4v) is 7.16. The highest BCUT2D eigenvalue weighted by Gasteiger charge is 2.48. The van der Waals surface area contributed by atoms with Crippen LogP contribution in [0.15, 0.2) is 133 Å². The molecule has 0 aromatic heterocycles. The van der Waals surface area contributed by atoms with Gasteiger partial charge >= 0.3 is 19.1 Å². The molecule has 0 fully saturated rings. The molecule has 10 heteroatoms. The number of rotatable bonds is 2. The van der Waals surface area contributed by atoms with Crippen molar-refractivity contribution in [3.8, 4) is 50.6 Å². The first-order valence-corrected chi connectivity index (χ1v) is 15.8. The number of halogens is 6. The van der Waals surface area contributed by atoms with Crippen molar-refractivity contribution in [2.24, 2.45) is 0 Å². The average Bonchev–Trinajstić information content (AvgIpc) is 3.35. The van der Waals surface area contributed by atoms with Crippen molar-refractivity contribution in [3.63, 3.8) is 0 Å². The van der Waals surface area contributed by atoms with Gasteiger partial charge in [-0.25, -0.2) is 0 Å². The van der Waals surface area contributed by atoms with Crippen LogP contribution in [0, 0.1) is 0 Å². The Morgan fingerprint density at radius 2 is 1.04 bits per heavy atom. The van der Waals surface area contributed by atoms with Crippen LogP contribution < -0.4 is 19.4 Å². The number of para-hydroxylation sites is 1. The summed E-state index contributed by atoms with van der Waals surface area (Å²) < 4.78 is 107. The van der Waals surface area contributed by atoms with Crippen molar-refractivity contribution in [1.82, 2.24) is 0 Å². The van der Waals surface area contributed by atoms with Crippen LogP contribution >= 0.6 is 0 Å². The molecule has 3 nitrogen and oxygen atoms in total. The van der Waals surface area contributed by atoms with Gasteiger partial charge in [-0.15, -0.1) is 0 Å². The third-order valence-corrected chi connectivity index (χ3v) is 9.38. The van der Waals surface area contributed by atoms with Gasteiger partial charge in [0.2, 0.25) is 0 Å². The van der Waals surface area contributed by atoms with E-state index in [1.807, 2.05) is 91.0 Å². The maximum atomic E-state index is 14.4. The van der Waals surface area contributed by atoms with Crippen LogP contribution in [0.1, 0.15) is 11.1 Å². The van der Waals surface area contributed by atoms with Gasteiger partial charge in [-0.3, -0.25) is 0 Å². The minimum Gasteiger partial charge on any atom is -0.645 e. The van der Waals surface area contributed by atoms with Crippen LogP contribution in [-0.4, -0.2) is 6.75 Å². The molecule has 0 saturated carbocycles. The van der Waals surface area contributed by atoms with E-state index in [0.29, 0.717) is 45.5 Å². The number of fused-ring (bicyclic) bond motifs is 9. The molecule has 2 aliphatic heterocycles. The Kier molecular flexibility index (Phi) is 6.37. The molecule has 9 rings (SSSR count). The van der Waals surface area contributed by atoms with Crippen molar-refractivity contribution >= 4 is 33.8 Å². The van der Waals surface area contributed by atoms with E-state index < -0.39 is 35.7 Å². The molecule has 50 heavy (non-hydrogen) atoms. The van der Waals surface area contributed by atoms with Gasteiger partial charge in [0.15, 0.2) is 0 Å². The highest BCUT2D eigenvalue weighted by atomic mass is 19.4. The van der Waals surface area contributed by atoms with E-state index in [-0.39, 0.29) is 23.3 Å². The Hall–Kier alpha value is -5.90. The molecule has 2 heterocycles. The molecule has 0 saturated heterocycles. The molecule has 1 atom stereocenters. The van der Waals surface area contributed by atoms with Gasteiger partial charge in [0.1, 0.15) is 0 Å². The maximum absolute atomic E-state index is 14.4. The second kappa shape index (κ2) is 10.6. The highest BCUT2D eigenvalue weighted by Crippen LogP contribution is 2.56. The first-order chi connectivity index (χ1) is 24.0. The zero-order valence-electron chi connectivity index (χ0n) is 25.8. The summed E-state index contributed by atoms with van der Waals surface area (Å²) in [6.07, 6.45) is -10.3. The summed E-state index contributed by atoms with van der Waals surface area (Å²) in [5.74, 6) is 0.582. The lowest BCUT2D eigenvalue weighted by Crippen LogP contribution is -2.64.